The van der Waals surface area contributed by atoms with Crippen LogP contribution in [0.4, 0.5) is 5.82 Å². The van der Waals surface area contributed by atoms with Gasteiger partial charge in [0.25, 0.3) is 0 Å². The Morgan fingerprint density at radius 3 is 3.00 bits per heavy atom. The van der Waals surface area contributed by atoms with Gasteiger partial charge >= 0.3 is 0 Å². The van der Waals surface area contributed by atoms with Gasteiger partial charge in [-0.2, -0.15) is 0 Å². The minimum atomic E-state index is 0.415. The van der Waals surface area contributed by atoms with Crippen LogP contribution in [0.3, 0.4) is 0 Å². The third-order valence-electron chi connectivity index (χ3n) is 5.72. The Morgan fingerprint density at radius 1 is 1.08 bits per heavy atom. The standard InChI is InChI=1S/C20H20N4/c1-2-6-16-14(4-1)5-3-9-20(16)12-15(20)13-23-18-8-7-17-19(24-18)22-11-10-21-17/h1-2,4,6-8,10-11,15H,3,5,9,12-13H2,(H,22,23,24). The van der Waals surface area contributed by atoms with E-state index in [2.05, 4.69) is 44.5 Å². The average Bonchev–Trinajstić information content (AvgIpc) is 3.33. The summed E-state index contributed by atoms with van der Waals surface area (Å²) in [5.41, 5.74) is 5.12. The van der Waals surface area contributed by atoms with Crippen LogP contribution in [0.5, 0.6) is 0 Å². The molecule has 1 N–H and O–H groups in total. The molecule has 2 heterocycles. The number of fused-ring (bicyclic) bond motifs is 3. The van der Waals surface area contributed by atoms with Crippen LogP contribution in [0, 0.1) is 5.92 Å². The summed E-state index contributed by atoms with van der Waals surface area (Å²) in [5, 5.41) is 3.52. The largest absolute Gasteiger partial charge is 0.370 e. The molecule has 2 atom stereocenters. The number of benzene rings is 1. The zero-order chi connectivity index (χ0) is 16.0. The smallest absolute Gasteiger partial charge is 0.180 e. The van der Waals surface area contributed by atoms with Crippen LogP contribution in [0.15, 0.2) is 48.8 Å². The molecule has 0 bridgehead atoms. The highest BCUT2D eigenvalue weighted by Crippen LogP contribution is 2.60. The van der Waals surface area contributed by atoms with Crippen LogP contribution < -0.4 is 5.32 Å². The van der Waals surface area contributed by atoms with Gasteiger partial charge in [0, 0.05) is 24.4 Å². The highest BCUT2D eigenvalue weighted by Gasteiger charge is 2.55. The zero-order valence-electron chi connectivity index (χ0n) is 13.6. The van der Waals surface area contributed by atoms with Gasteiger partial charge in [0.2, 0.25) is 0 Å². The maximum Gasteiger partial charge on any atom is 0.180 e. The Balaban J connectivity index is 1.33. The number of pyridine rings is 1. The zero-order valence-corrected chi connectivity index (χ0v) is 13.6. The summed E-state index contributed by atoms with van der Waals surface area (Å²) < 4.78 is 0. The highest BCUT2D eigenvalue weighted by molar-refractivity contribution is 5.71. The Bertz CT molecular complexity index is 907. The molecular formula is C20H20N4. The molecule has 5 rings (SSSR count). The number of anilines is 1. The second-order valence-corrected chi connectivity index (χ2v) is 7.04. The number of nitrogens with zero attached hydrogens (tertiary/aromatic N) is 3. The molecule has 120 valence electrons. The summed E-state index contributed by atoms with van der Waals surface area (Å²) >= 11 is 0. The molecule has 3 aromatic rings. The molecule has 1 fully saturated rings. The van der Waals surface area contributed by atoms with E-state index in [4.69, 9.17) is 0 Å². The first-order valence-electron chi connectivity index (χ1n) is 8.75. The molecule has 1 saturated carbocycles. The predicted molar refractivity (Wildman–Crippen MR) is 95.0 cm³/mol. The molecule has 2 unspecified atom stereocenters. The molecule has 0 aliphatic heterocycles. The topological polar surface area (TPSA) is 50.7 Å². The van der Waals surface area contributed by atoms with Crippen molar-refractivity contribution in [2.24, 2.45) is 5.92 Å². The second-order valence-electron chi connectivity index (χ2n) is 7.04. The molecule has 0 saturated heterocycles. The van der Waals surface area contributed by atoms with Gasteiger partial charge in [0.1, 0.15) is 11.3 Å². The van der Waals surface area contributed by atoms with E-state index in [1.165, 1.54) is 25.7 Å². The van der Waals surface area contributed by atoms with Crippen LogP contribution in [0.2, 0.25) is 0 Å². The fourth-order valence-electron chi connectivity index (χ4n) is 4.42. The van der Waals surface area contributed by atoms with Crippen molar-refractivity contribution in [3.8, 4) is 0 Å². The van der Waals surface area contributed by atoms with E-state index >= 15 is 0 Å². The molecule has 2 aromatic heterocycles. The number of rotatable bonds is 3. The van der Waals surface area contributed by atoms with Crippen LogP contribution in [-0.4, -0.2) is 21.5 Å². The van der Waals surface area contributed by atoms with Gasteiger partial charge in [-0.05, 0) is 54.9 Å². The Labute approximate surface area is 141 Å². The summed E-state index contributed by atoms with van der Waals surface area (Å²) in [5.74, 6) is 1.60. The SMILES string of the molecule is c1ccc2c(c1)CCCC21CC1CNc1ccc2nccnc2n1. The van der Waals surface area contributed by atoms with E-state index in [1.54, 1.807) is 23.5 Å². The lowest BCUT2D eigenvalue weighted by atomic mass is 9.78. The number of aryl methyl sites for hydroxylation is 1. The predicted octanol–water partition coefficient (Wildman–Crippen LogP) is 3.73. The number of hydrogen-bond donors (Lipinski definition) is 1. The van der Waals surface area contributed by atoms with Gasteiger partial charge in [0.15, 0.2) is 5.65 Å². The second kappa shape index (κ2) is 5.26. The molecule has 0 radical (unpaired) electrons. The molecule has 1 aromatic carbocycles. The van der Waals surface area contributed by atoms with Crippen molar-refractivity contribution in [2.45, 2.75) is 31.1 Å². The first-order chi connectivity index (χ1) is 11.9. The average molecular weight is 316 g/mol. The lowest BCUT2D eigenvalue weighted by molar-refractivity contribution is 0.503. The third-order valence-corrected chi connectivity index (χ3v) is 5.72. The lowest BCUT2D eigenvalue weighted by Crippen LogP contribution is -2.21. The molecule has 0 amide bonds. The molecule has 24 heavy (non-hydrogen) atoms. The fraction of sp³-hybridized carbons (Fsp3) is 0.350. The fourth-order valence-corrected chi connectivity index (χ4v) is 4.42. The van der Waals surface area contributed by atoms with Crippen molar-refractivity contribution in [3.63, 3.8) is 0 Å². The first-order valence-corrected chi connectivity index (χ1v) is 8.75. The van der Waals surface area contributed by atoms with Crippen molar-refractivity contribution in [3.05, 3.63) is 59.9 Å². The minimum Gasteiger partial charge on any atom is -0.370 e. The van der Waals surface area contributed by atoms with E-state index in [9.17, 15) is 0 Å². The van der Waals surface area contributed by atoms with Gasteiger partial charge < -0.3 is 5.32 Å². The van der Waals surface area contributed by atoms with Gasteiger partial charge in [-0.3, -0.25) is 4.98 Å². The van der Waals surface area contributed by atoms with Crippen LogP contribution in [0.1, 0.15) is 30.4 Å². The van der Waals surface area contributed by atoms with E-state index < -0.39 is 0 Å². The molecule has 4 heteroatoms. The van der Waals surface area contributed by atoms with Crippen LogP contribution in [0.25, 0.3) is 11.2 Å². The highest BCUT2D eigenvalue weighted by atomic mass is 15.0. The quantitative estimate of drug-likeness (QED) is 0.800. The number of nitrogens with one attached hydrogen (secondary N) is 1. The molecular weight excluding hydrogens is 296 g/mol. The summed E-state index contributed by atoms with van der Waals surface area (Å²) in [6.07, 6.45) is 8.57. The molecule has 2 aliphatic carbocycles. The lowest BCUT2D eigenvalue weighted by Gasteiger charge is -2.26. The monoisotopic (exact) mass is 316 g/mol. The summed E-state index contributed by atoms with van der Waals surface area (Å²) in [6.45, 7) is 0.979. The van der Waals surface area contributed by atoms with E-state index in [0.29, 0.717) is 17.0 Å². The maximum atomic E-state index is 4.57. The third kappa shape index (κ3) is 2.17. The first kappa shape index (κ1) is 13.9. The van der Waals surface area contributed by atoms with Crippen molar-refractivity contribution in [2.75, 3.05) is 11.9 Å². The molecule has 4 nitrogen and oxygen atoms in total. The van der Waals surface area contributed by atoms with Crippen molar-refractivity contribution in [1.29, 1.82) is 0 Å². The number of hydrogen-bond acceptors (Lipinski definition) is 4. The van der Waals surface area contributed by atoms with Crippen LogP contribution >= 0.6 is 0 Å². The normalized spacial score (nSPS) is 24.8. The molecule has 2 aliphatic rings. The van der Waals surface area contributed by atoms with Crippen molar-refractivity contribution < 1.29 is 0 Å². The van der Waals surface area contributed by atoms with Gasteiger partial charge in [-0.25, -0.2) is 9.97 Å². The van der Waals surface area contributed by atoms with Crippen molar-refractivity contribution in [1.82, 2.24) is 15.0 Å². The number of aromatic nitrogens is 3. The van der Waals surface area contributed by atoms with Crippen LogP contribution in [-0.2, 0) is 11.8 Å². The summed E-state index contributed by atoms with van der Waals surface area (Å²) in [7, 11) is 0. The van der Waals surface area contributed by atoms with Gasteiger partial charge in [-0.15, -0.1) is 0 Å². The van der Waals surface area contributed by atoms with E-state index in [1.807, 2.05) is 12.1 Å². The van der Waals surface area contributed by atoms with E-state index in [-0.39, 0.29) is 0 Å². The Kier molecular flexibility index (Phi) is 3.05. The molecule has 1 spiro atoms. The van der Waals surface area contributed by atoms with E-state index in [0.717, 1.165) is 17.9 Å². The van der Waals surface area contributed by atoms with Crippen molar-refractivity contribution >= 4 is 17.0 Å². The van der Waals surface area contributed by atoms with Gasteiger partial charge in [0.05, 0.1) is 0 Å². The summed E-state index contributed by atoms with van der Waals surface area (Å²) in [4.78, 5) is 13.1. The Hall–Kier alpha value is -2.49. The minimum absolute atomic E-state index is 0.415. The van der Waals surface area contributed by atoms with Gasteiger partial charge in [-0.1, -0.05) is 24.3 Å². The Morgan fingerprint density at radius 2 is 2.00 bits per heavy atom. The maximum absolute atomic E-state index is 4.57. The summed E-state index contributed by atoms with van der Waals surface area (Å²) in [6, 6.07) is 13.0.